The summed E-state index contributed by atoms with van der Waals surface area (Å²) in [6.45, 7) is 6.35. The highest BCUT2D eigenvalue weighted by molar-refractivity contribution is 7.85. The van der Waals surface area contributed by atoms with E-state index in [1.54, 1.807) is 18.2 Å². The average molecular weight is 584 g/mol. The summed E-state index contributed by atoms with van der Waals surface area (Å²) >= 11 is 0. The predicted molar refractivity (Wildman–Crippen MR) is 160 cm³/mol. The number of unbranched alkanes of at least 4 members (excludes halogenated alkanes) is 1. The van der Waals surface area contributed by atoms with Gasteiger partial charge in [0.25, 0.3) is 5.91 Å². The number of carbonyl (C=O) groups excluding carboxylic acids is 1. The van der Waals surface area contributed by atoms with E-state index in [0.717, 1.165) is 43.1 Å². The second kappa shape index (κ2) is 14.7. The number of benzene rings is 3. The van der Waals surface area contributed by atoms with Crippen molar-refractivity contribution in [2.45, 2.75) is 63.1 Å². The Bertz CT molecular complexity index is 1350. The highest BCUT2D eigenvalue weighted by atomic mass is 32.2. The number of nitrogens with one attached hydrogen (secondary N) is 2. The number of halogens is 2. The van der Waals surface area contributed by atoms with E-state index in [0.29, 0.717) is 34.9 Å². The molecule has 6 nitrogen and oxygen atoms in total. The van der Waals surface area contributed by atoms with Crippen molar-refractivity contribution in [2.75, 3.05) is 30.3 Å². The molecule has 3 N–H and O–H groups in total. The lowest BCUT2D eigenvalue weighted by molar-refractivity contribution is 0.0829. The fourth-order valence-electron chi connectivity index (χ4n) is 5.09. The molecule has 3 atom stereocenters. The normalized spacial score (nSPS) is 16.2. The lowest BCUT2D eigenvalue weighted by atomic mass is 10.00. The molecule has 3 aromatic carbocycles. The molecule has 1 aliphatic heterocycles. The van der Waals surface area contributed by atoms with Crippen LogP contribution in [0.5, 0.6) is 0 Å². The van der Waals surface area contributed by atoms with Crippen molar-refractivity contribution < 1.29 is 22.9 Å². The molecule has 0 aliphatic carbocycles. The van der Waals surface area contributed by atoms with Gasteiger partial charge < -0.3 is 20.6 Å². The van der Waals surface area contributed by atoms with Crippen LogP contribution >= 0.6 is 0 Å². The summed E-state index contributed by atoms with van der Waals surface area (Å²) in [7, 11) is -1.13. The van der Waals surface area contributed by atoms with Crippen molar-refractivity contribution in [1.82, 2.24) is 10.6 Å². The topological polar surface area (TPSA) is 81.7 Å². The number of anilines is 1. The summed E-state index contributed by atoms with van der Waals surface area (Å²) in [4.78, 5) is 16.3. The first-order valence-electron chi connectivity index (χ1n) is 14.3. The van der Waals surface area contributed by atoms with Crippen molar-refractivity contribution >= 4 is 22.4 Å². The summed E-state index contributed by atoms with van der Waals surface area (Å²) in [6.07, 6.45) is 1.92. The largest absolute Gasteiger partial charge is 0.390 e. The van der Waals surface area contributed by atoms with Crippen molar-refractivity contribution in [3.63, 3.8) is 0 Å². The zero-order chi connectivity index (χ0) is 29.4. The minimum Gasteiger partial charge on any atom is -0.390 e. The van der Waals surface area contributed by atoms with E-state index in [9.17, 15) is 22.9 Å². The van der Waals surface area contributed by atoms with Crippen LogP contribution in [-0.2, 0) is 30.2 Å². The molecule has 1 amide bonds. The highest BCUT2D eigenvalue weighted by Crippen LogP contribution is 2.30. The van der Waals surface area contributed by atoms with E-state index in [2.05, 4.69) is 41.5 Å². The Morgan fingerprint density at radius 1 is 1.02 bits per heavy atom. The number of fused-ring (bicyclic) bond motifs is 1. The molecule has 4 rings (SSSR count). The van der Waals surface area contributed by atoms with E-state index in [-0.39, 0.29) is 13.0 Å². The summed E-state index contributed by atoms with van der Waals surface area (Å²) < 4.78 is 40.5. The molecule has 9 heteroatoms. The molecule has 0 saturated carbocycles. The van der Waals surface area contributed by atoms with E-state index in [4.69, 9.17) is 0 Å². The fraction of sp³-hybridized carbons (Fsp3) is 0.406. The van der Waals surface area contributed by atoms with Gasteiger partial charge in [0.05, 0.1) is 33.5 Å². The molecule has 0 bridgehead atoms. The number of rotatable bonds is 13. The molecule has 0 spiro atoms. The van der Waals surface area contributed by atoms with Gasteiger partial charge in [-0.2, -0.15) is 0 Å². The Morgan fingerprint density at radius 3 is 2.51 bits per heavy atom. The maximum atomic E-state index is 13.9. The van der Waals surface area contributed by atoms with Gasteiger partial charge >= 0.3 is 0 Å². The zero-order valence-electron chi connectivity index (χ0n) is 23.7. The van der Waals surface area contributed by atoms with Gasteiger partial charge in [-0.3, -0.25) is 9.00 Å². The second-order valence-corrected chi connectivity index (χ2v) is 12.0. The van der Waals surface area contributed by atoms with Crippen molar-refractivity contribution in [2.24, 2.45) is 0 Å². The molecule has 1 aliphatic rings. The van der Waals surface area contributed by atoms with Crippen molar-refractivity contribution in [3.05, 3.63) is 94.6 Å². The summed E-state index contributed by atoms with van der Waals surface area (Å²) in [5.41, 5.74) is 3.77. The maximum Gasteiger partial charge on any atom is 0.251 e. The summed E-state index contributed by atoms with van der Waals surface area (Å²) in [5.74, 6) is -1.31. The van der Waals surface area contributed by atoms with E-state index >= 15 is 0 Å². The molecule has 0 radical (unpaired) electrons. The number of aliphatic hydroxyl groups is 1. The van der Waals surface area contributed by atoms with E-state index in [1.807, 2.05) is 12.1 Å². The van der Waals surface area contributed by atoms with Crippen LogP contribution in [0.2, 0.25) is 0 Å². The Labute approximate surface area is 243 Å². The van der Waals surface area contributed by atoms with Crippen LogP contribution in [0.1, 0.15) is 53.7 Å². The standard InChI is InChI=1S/C32H39F2N3O3S/c1-3-5-11-37-12-13-41(40)31-10-9-25(18-29(31)37)32(39)36-28(17-24-15-26(33)19-27(34)16-24)30(38)21-35-20-23-8-6-7-22(4-2)14-23/h6-10,14-16,18-19,28,30,35,38H,3-5,11-13,17,20-21H2,1-2H3,(H,36,39)/t28-,30-,41?/m0/s1. The van der Waals surface area contributed by atoms with Crippen LogP contribution in [0.15, 0.2) is 65.6 Å². The van der Waals surface area contributed by atoms with E-state index in [1.165, 1.54) is 17.7 Å². The average Bonchev–Trinajstić information content (AvgIpc) is 2.96. The van der Waals surface area contributed by atoms with Gasteiger partial charge in [0.2, 0.25) is 0 Å². The third kappa shape index (κ3) is 8.44. The van der Waals surface area contributed by atoms with Gasteiger partial charge in [0.1, 0.15) is 11.6 Å². The number of nitrogens with zero attached hydrogens (tertiary/aromatic N) is 1. The lowest BCUT2D eigenvalue weighted by Crippen LogP contribution is -2.48. The molecule has 41 heavy (non-hydrogen) atoms. The molecule has 1 heterocycles. The molecular formula is C32H39F2N3O3S. The van der Waals surface area contributed by atoms with E-state index < -0.39 is 40.5 Å². The van der Waals surface area contributed by atoms with Crippen LogP contribution < -0.4 is 15.5 Å². The fourth-order valence-corrected chi connectivity index (χ4v) is 6.33. The first-order chi connectivity index (χ1) is 19.8. The smallest absolute Gasteiger partial charge is 0.251 e. The van der Waals surface area contributed by atoms with Gasteiger partial charge in [0.15, 0.2) is 0 Å². The minimum absolute atomic E-state index is 0.0339. The Balaban J connectivity index is 1.51. The van der Waals surface area contributed by atoms with Crippen LogP contribution in [-0.4, -0.2) is 52.8 Å². The van der Waals surface area contributed by atoms with Crippen LogP contribution in [0.25, 0.3) is 0 Å². The third-order valence-electron chi connectivity index (χ3n) is 7.38. The molecule has 1 unspecified atom stereocenters. The summed E-state index contributed by atoms with van der Waals surface area (Å²) in [6, 6.07) is 15.7. The van der Waals surface area contributed by atoms with Crippen LogP contribution in [0.3, 0.4) is 0 Å². The van der Waals surface area contributed by atoms with Crippen LogP contribution in [0, 0.1) is 11.6 Å². The monoisotopic (exact) mass is 583 g/mol. The van der Waals surface area contributed by atoms with Gasteiger partial charge in [-0.05, 0) is 66.3 Å². The number of carbonyl (C=O) groups is 1. The van der Waals surface area contributed by atoms with Gasteiger partial charge in [0, 0.05) is 43.6 Å². The number of aliphatic hydroxyl groups excluding tert-OH is 1. The van der Waals surface area contributed by atoms with Crippen molar-refractivity contribution in [3.8, 4) is 0 Å². The molecule has 0 saturated heterocycles. The molecule has 220 valence electrons. The zero-order valence-corrected chi connectivity index (χ0v) is 24.5. The predicted octanol–water partition coefficient (Wildman–Crippen LogP) is 4.75. The number of hydrogen-bond donors (Lipinski definition) is 3. The maximum absolute atomic E-state index is 13.9. The van der Waals surface area contributed by atoms with Crippen molar-refractivity contribution in [1.29, 1.82) is 0 Å². The quantitative estimate of drug-likeness (QED) is 0.271. The van der Waals surface area contributed by atoms with Gasteiger partial charge in [-0.15, -0.1) is 0 Å². The first-order valence-corrected chi connectivity index (χ1v) is 15.6. The Kier molecular flexibility index (Phi) is 11.0. The van der Waals surface area contributed by atoms with Gasteiger partial charge in [-0.1, -0.05) is 44.5 Å². The van der Waals surface area contributed by atoms with Crippen LogP contribution in [0.4, 0.5) is 14.5 Å². The lowest BCUT2D eigenvalue weighted by Gasteiger charge is -2.31. The molecule has 0 fully saturated rings. The first kappa shape index (κ1) is 30.8. The second-order valence-electron chi connectivity index (χ2n) is 10.5. The SMILES string of the molecule is CCCCN1CCS(=O)c2ccc(C(=O)N[C@@H](Cc3cc(F)cc(F)c3)[C@@H](O)CNCc3cccc(CC)c3)cc21. The molecular weight excluding hydrogens is 544 g/mol. The minimum atomic E-state index is -1.13. The number of aryl methyl sites for hydroxylation is 1. The Hall–Kier alpha value is -3.14. The van der Waals surface area contributed by atoms with Gasteiger partial charge in [-0.25, -0.2) is 8.78 Å². The number of hydrogen-bond acceptors (Lipinski definition) is 5. The molecule has 3 aromatic rings. The summed E-state index contributed by atoms with van der Waals surface area (Å²) in [5, 5.41) is 17.3. The molecule has 0 aromatic heterocycles. The number of amides is 1. The Morgan fingerprint density at radius 2 is 1.78 bits per heavy atom. The third-order valence-corrected chi connectivity index (χ3v) is 8.77. The highest BCUT2D eigenvalue weighted by Gasteiger charge is 2.26.